The van der Waals surface area contributed by atoms with Crippen LogP contribution in [0.25, 0.3) is 0 Å². The van der Waals surface area contributed by atoms with Gasteiger partial charge in [0.2, 0.25) is 0 Å². The summed E-state index contributed by atoms with van der Waals surface area (Å²) in [6.07, 6.45) is 0.889. The first-order valence-corrected chi connectivity index (χ1v) is 6.51. The molecular formula is C15H21FN2O2. The van der Waals surface area contributed by atoms with Crippen molar-refractivity contribution < 1.29 is 13.9 Å². The van der Waals surface area contributed by atoms with E-state index in [1.54, 1.807) is 32.2 Å². The molecule has 0 spiro atoms. The summed E-state index contributed by atoms with van der Waals surface area (Å²) < 4.78 is 19.3. The van der Waals surface area contributed by atoms with Gasteiger partial charge < -0.3 is 15.4 Å². The van der Waals surface area contributed by atoms with Crippen molar-refractivity contribution in [2.45, 2.75) is 26.0 Å². The van der Waals surface area contributed by atoms with E-state index in [4.69, 9.17) is 4.74 Å². The summed E-state index contributed by atoms with van der Waals surface area (Å²) in [5, 5.41) is 5.59. The van der Waals surface area contributed by atoms with Gasteiger partial charge in [0, 0.05) is 24.2 Å². The molecule has 2 atom stereocenters. The third-order valence-electron chi connectivity index (χ3n) is 2.97. The van der Waals surface area contributed by atoms with E-state index in [0.717, 1.165) is 0 Å². The minimum absolute atomic E-state index is 0.0858. The highest BCUT2D eigenvalue weighted by atomic mass is 19.1. The molecule has 2 N–H and O–H groups in total. The fourth-order valence-corrected chi connectivity index (χ4v) is 1.66. The average molecular weight is 280 g/mol. The summed E-state index contributed by atoms with van der Waals surface area (Å²) in [6.45, 7) is 7.36. The number of amides is 1. The summed E-state index contributed by atoms with van der Waals surface area (Å²) >= 11 is 0. The number of rotatable bonds is 7. The molecule has 0 saturated carbocycles. The zero-order valence-electron chi connectivity index (χ0n) is 12.1. The highest BCUT2D eigenvalue weighted by molar-refractivity contribution is 5.80. The molecule has 110 valence electrons. The van der Waals surface area contributed by atoms with Crippen molar-refractivity contribution in [1.29, 1.82) is 0 Å². The third kappa shape index (κ3) is 4.35. The smallest absolute Gasteiger partial charge is 0.261 e. The van der Waals surface area contributed by atoms with E-state index < -0.39 is 6.10 Å². The first-order chi connectivity index (χ1) is 9.49. The molecule has 0 heterocycles. The largest absolute Gasteiger partial charge is 0.481 e. The Balaban J connectivity index is 2.71. The molecule has 0 fully saturated rings. The first-order valence-electron chi connectivity index (χ1n) is 6.51. The Morgan fingerprint density at radius 3 is 2.75 bits per heavy atom. The number of ether oxygens (including phenoxy) is 1. The van der Waals surface area contributed by atoms with E-state index in [1.807, 2.05) is 6.92 Å². The lowest BCUT2D eigenvalue weighted by Gasteiger charge is -2.16. The van der Waals surface area contributed by atoms with Crippen molar-refractivity contribution in [3.8, 4) is 5.75 Å². The van der Waals surface area contributed by atoms with Gasteiger partial charge in [0.25, 0.3) is 5.91 Å². The van der Waals surface area contributed by atoms with Gasteiger partial charge in [-0.25, -0.2) is 4.39 Å². The molecule has 0 aliphatic heterocycles. The summed E-state index contributed by atoms with van der Waals surface area (Å²) in [5.41, 5.74) is 0.559. The molecule has 0 aromatic heterocycles. The highest BCUT2D eigenvalue weighted by Crippen LogP contribution is 2.22. The molecule has 0 saturated heterocycles. The predicted molar refractivity (Wildman–Crippen MR) is 77.2 cm³/mol. The van der Waals surface area contributed by atoms with Crippen LogP contribution in [0.4, 0.5) is 4.39 Å². The Morgan fingerprint density at radius 2 is 2.20 bits per heavy atom. The van der Waals surface area contributed by atoms with E-state index in [9.17, 15) is 9.18 Å². The quantitative estimate of drug-likeness (QED) is 0.753. The van der Waals surface area contributed by atoms with Gasteiger partial charge in [0.1, 0.15) is 11.6 Å². The minimum atomic E-state index is -0.693. The van der Waals surface area contributed by atoms with Crippen LogP contribution in [-0.4, -0.2) is 25.6 Å². The molecule has 0 radical (unpaired) electrons. The maximum Gasteiger partial charge on any atom is 0.261 e. The maximum absolute atomic E-state index is 13.9. The number of carbonyl (C=O) groups excluding carboxylic acids is 1. The van der Waals surface area contributed by atoms with E-state index in [0.29, 0.717) is 17.9 Å². The SMILES string of the molecule is C=CCNC(=O)C(C)Oc1ccc(C(C)NC)c(F)c1. The van der Waals surface area contributed by atoms with Crippen LogP contribution >= 0.6 is 0 Å². The second kappa shape index (κ2) is 7.65. The molecule has 0 aliphatic carbocycles. The number of hydrogen-bond acceptors (Lipinski definition) is 3. The zero-order valence-corrected chi connectivity index (χ0v) is 12.1. The number of halogens is 1. The fraction of sp³-hybridized carbons (Fsp3) is 0.400. The Kier molecular flexibility index (Phi) is 6.18. The van der Waals surface area contributed by atoms with Crippen molar-refractivity contribution in [2.24, 2.45) is 0 Å². The van der Waals surface area contributed by atoms with Crippen molar-refractivity contribution in [1.82, 2.24) is 10.6 Å². The van der Waals surface area contributed by atoms with Crippen molar-refractivity contribution in [2.75, 3.05) is 13.6 Å². The summed E-state index contributed by atoms with van der Waals surface area (Å²) in [6, 6.07) is 4.52. The van der Waals surface area contributed by atoms with Gasteiger partial charge in [-0.05, 0) is 27.0 Å². The van der Waals surface area contributed by atoms with Crippen molar-refractivity contribution in [3.05, 3.63) is 42.2 Å². The van der Waals surface area contributed by atoms with Crippen molar-refractivity contribution in [3.63, 3.8) is 0 Å². The second-order valence-electron chi connectivity index (χ2n) is 4.49. The summed E-state index contributed by atoms with van der Waals surface area (Å²) in [4.78, 5) is 11.6. The van der Waals surface area contributed by atoms with Crippen molar-refractivity contribution >= 4 is 5.91 Å². The Labute approximate surface area is 119 Å². The van der Waals surface area contributed by atoms with Crippen LogP contribution in [0.1, 0.15) is 25.5 Å². The lowest BCUT2D eigenvalue weighted by Crippen LogP contribution is -2.36. The molecule has 5 heteroatoms. The van der Waals surface area contributed by atoms with Gasteiger partial charge in [-0.1, -0.05) is 12.1 Å². The molecule has 2 unspecified atom stereocenters. The monoisotopic (exact) mass is 280 g/mol. The lowest BCUT2D eigenvalue weighted by atomic mass is 10.1. The molecule has 1 aromatic rings. The molecule has 4 nitrogen and oxygen atoms in total. The topological polar surface area (TPSA) is 50.4 Å². The number of hydrogen-bond donors (Lipinski definition) is 2. The average Bonchev–Trinajstić information content (AvgIpc) is 2.44. The van der Waals surface area contributed by atoms with Gasteiger partial charge in [-0.2, -0.15) is 0 Å². The van der Waals surface area contributed by atoms with E-state index in [1.165, 1.54) is 6.07 Å². The highest BCUT2D eigenvalue weighted by Gasteiger charge is 2.15. The van der Waals surface area contributed by atoms with Gasteiger partial charge in [0.15, 0.2) is 6.10 Å². The summed E-state index contributed by atoms with van der Waals surface area (Å²) in [7, 11) is 1.76. The van der Waals surface area contributed by atoms with Crippen LogP contribution in [0.2, 0.25) is 0 Å². The number of nitrogens with one attached hydrogen (secondary N) is 2. The third-order valence-corrected chi connectivity index (χ3v) is 2.97. The van der Waals surface area contributed by atoms with Gasteiger partial charge in [-0.15, -0.1) is 6.58 Å². The van der Waals surface area contributed by atoms with Crippen LogP contribution in [0.3, 0.4) is 0 Å². The Bertz CT molecular complexity index is 477. The standard InChI is InChI=1S/C15H21FN2O2/c1-5-8-18-15(19)11(3)20-12-6-7-13(10(2)17-4)14(16)9-12/h5-7,9-11,17H,1,8H2,2-4H3,(H,18,19). The van der Waals surface area contributed by atoms with E-state index in [2.05, 4.69) is 17.2 Å². The molecular weight excluding hydrogens is 259 g/mol. The molecule has 20 heavy (non-hydrogen) atoms. The second-order valence-corrected chi connectivity index (χ2v) is 4.49. The predicted octanol–water partition coefficient (Wildman–Crippen LogP) is 2.18. The molecule has 1 amide bonds. The van der Waals surface area contributed by atoms with E-state index in [-0.39, 0.29) is 17.8 Å². The van der Waals surface area contributed by atoms with Crippen LogP contribution in [0.5, 0.6) is 5.75 Å². The van der Waals surface area contributed by atoms with Gasteiger partial charge >= 0.3 is 0 Å². The lowest BCUT2D eigenvalue weighted by molar-refractivity contribution is -0.127. The van der Waals surface area contributed by atoms with E-state index >= 15 is 0 Å². The molecule has 1 rings (SSSR count). The van der Waals surface area contributed by atoms with Crippen LogP contribution in [0, 0.1) is 5.82 Å². The Morgan fingerprint density at radius 1 is 1.50 bits per heavy atom. The normalized spacial score (nSPS) is 13.4. The maximum atomic E-state index is 13.9. The number of carbonyl (C=O) groups is 1. The van der Waals surface area contributed by atoms with Gasteiger partial charge in [0.05, 0.1) is 0 Å². The van der Waals surface area contributed by atoms with Gasteiger partial charge in [-0.3, -0.25) is 4.79 Å². The fourth-order valence-electron chi connectivity index (χ4n) is 1.66. The summed E-state index contributed by atoms with van der Waals surface area (Å²) in [5.74, 6) is -0.295. The van der Waals surface area contributed by atoms with Crippen LogP contribution < -0.4 is 15.4 Å². The molecule has 1 aromatic carbocycles. The van der Waals surface area contributed by atoms with Crippen LogP contribution in [0.15, 0.2) is 30.9 Å². The molecule has 0 aliphatic rings. The zero-order chi connectivity index (χ0) is 15.1. The van der Waals surface area contributed by atoms with Crippen LogP contribution in [-0.2, 0) is 4.79 Å². The Hall–Kier alpha value is -1.88. The number of benzene rings is 1. The minimum Gasteiger partial charge on any atom is -0.481 e. The first kappa shape index (κ1) is 16.2. The molecule has 0 bridgehead atoms.